The highest BCUT2D eigenvalue weighted by Gasteiger charge is 2.53. The summed E-state index contributed by atoms with van der Waals surface area (Å²) in [5.41, 5.74) is 1.51. The van der Waals surface area contributed by atoms with Crippen molar-refractivity contribution in [3.8, 4) is 0 Å². The third kappa shape index (κ3) is 3.28. The zero-order valence-electron chi connectivity index (χ0n) is 13.9. The van der Waals surface area contributed by atoms with E-state index in [1.165, 1.54) is 0 Å². The molecule has 128 valence electrons. The summed E-state index contributed by atoms with van der Waals surface area (Å²) in [6, 6.07) is 5.29. The Hall–Kier alpha value is -1.40. The van der Waals surface area contributed by atoms with E-state index in [9.17, 15) is 18.3 Å². The molecule has 1 aliphatic carbocycles. The maximum atomic E-state index is 13.3. The molecular formula is C17H25NO4S. The second-order valence-corrected chi connectivity index (χ2v) is 8.76. The Balaban J connectivity index is 2.47. The average Bonchev–Trinajstić information content (AvgIpc) is 2.98. The monoisotopic (exact) mass is 339 g/mol. The Morgan fingerprint density at radius 2 is 1.91 bits per heavy atom. The van der Waals surface area contributed by atoms with Crippen molar-refractivity contribution in [2.75, 3.05) is 6.54 Å². The van der Waals surface area contributed by atoms with Gasteiger partial charge >= 0.3 is 0 Å². The fourth-order valence-electron chi connectivity index (χ4n) is 3.17. The summed E-state index contributed by atoms with van der Waals surface area (Å²) in [5.74, 6) is -0.489. The molecule has 2 N–H and O–H groups in total. The maximum Gasteiger partial charge on any atom is 0.241 e. The maximum absolute atomic E-state index is 13.3. The topological polar surface area (TPSA) is 83.5 Å². The molecule has 1 unspecified atom stereocenters. The fourth-order valence-corrected chi connectivity index (χ4v) is 5.57. The lowest BCUT2D eigenvalue weighted by molar-refractivity contribution is -0.124. The van der Waals surface area contributed by atoms with Gasteiger partial charge in [-0.15, -0.1) is 0 Å². The summed E-state index contributed by atoms with van der Waals surface area (Å²) in [6.07, 6.45) is 1.38. The molecule has 1 aromatic carbocycles. The number of carbonyl (C=O) groups is 1. The molecule has 1 fully saturated rings. The van der Waals surface area contributed by atoms with Gasteiger partial charge in [-0.3, -0.25) is 4.79 Å². The summed E-state index contributed by atoms with van der Waals surface area (Å²) in [7, 11) is -3.79. The number of amides is 1. The van der Waals surface area contributed by atoms with E-state index in [4.69, 9.17) is 0 Å². The molecular weight excluding hydrogens is 314 g/mol. The van der Waals surface area contributed by atoms with E-state index in [0.29, 0.717) is 31.2 Å². The number of rotatable bonds is 5. The molecule has 1 atom stereocenters. The SMILES string of the molecule is Cc1ccc(C)c(S(=O)(=O)C2(C(=O)NCC(C)O)CCCC2)c1. The van der Waals surface area contributed by atoms with Crippen LogP contribution in [-0.2, 0) is 14.6 Å². The van der Waals surface area contributed by atoms with E-state index in [-0.39, 0.29) is 11.4 Å². The molecule has 2 rings (SSSR count). The van der Waals surface area contributed by atoms with Crippen LogP contribution in [0.15, 0.2) is 23.1 Å². The van der Waals surface area contributed by atoms with E-state index in [1.807, 2.05) is 13.0 Å². The molecule has 0 bridgehead atoms. The van der Waals surface area contributed by atoms with Crippen LogP contribution in [0.5, 0.6) is 0 Å². The lowest BCUT2D eigenvalue weighted by atomic mass is 10.1. The minimum absolute atomic E-state index is 0.0584. The molecule has 0 aliphatic heterocycles. The van der Waals surface area contributed by atoms with E-state index < -0.39 is 26.6 Å². The van der Waals surface area contributed by atoms with Crippen molar-refractivity contribution < 1.29 is 18.3 Å². The van der Waals surface area contributed by atoms with E-state index in [0.717, 1.165) is 5.56 Å². The molecule has 0 radical (unpaired) electrons. The highest BCUT2D eigenvalue weighted by molar-refractivity contribution is 7.93. The molecule has 1 aliphatic rings. The number of carbonyl (C=O) groups excluding carboxylic acids is 1. The van der Waals surface area contributed by atoms with Crippen molar-refractivity contribution in [3.05, 3.63) is 29.3 Å². The first-order valence-electron chi connectivity index (χ1n) is 7.99. The Morgan fingerprint density at radius 1 is 1.30 bits per heavy atom. The van der Waals surface area contributed by atoms with Crippen LogP contribution in [0.2, 0.25) is 0 Å². The number of aryl methyl sites for hydroxylation is 2. The molecule has 0 saturated heterocycles. The molecule has 1 aromatic rings. The normalized spacial score (nSPS) is 18.6. The minimum atomic E-state index is -3.79. The molecule has 0 spiro atoms. The van der Waals surface area contributed by atoms with Crippen LogP contribution < -0.4 is 5.32 Å². The van der Waals surface area contributed by atoms with E-state index >= 15 is 0 Å². The standard InChI is InChI=1S/C17H25NO4S/c1-12-6-7-13(2)15(10-12)23(21,22)17(8-4-5-9-17)16(20)18-11-14(3)19/h6-7,10,14,19H,4-5,8-9,11H2,1-3H3,(H,18,20). The number of nitrogens with one attached hydrogen (secondary N) is 1. The fraction of sp³-hybridized carbons (Fsp3) is 0.588. The first-order valence-corrected chi connectivity index (χ1v) is 9.47. The molecule has 1 saturated carbocycles. The number of sulfone groups is 1. The Kier molecular flexibility index (Phi) is 5.16. The van der Waals surface area contributed by atoms with Crippen molar-refractivity contribution in [2.24, 2.45) is 0 Å². The van der Waals surface area contributed by atoms with Crippen molar-refractivity contribution in [3.63, 3.8) is 0 Å². The van der Waals surface area contributed by atoms with Gasteiger partial charge in [-0.05, 0) is 50.8 Å². The molecule has 5 nitrogen and oxygen atoms in total. The first kappa shape index (κ1) is 17.9. The van der Waals surface area contributed by atoms with E-state index in [2.05, 4.69) is 5.32 Å². The van der Waals surface area contributed by atoms with Gasteiger partial charge in [0.05, 0.1) is 11.0 Å². The smallest absolute Gasteiger partial charge is 0.241 e. The van der Waals surface area contributed by atoms with Gasteiger partial charge in [-0.2, -0.15) is 0 Å². The van der Waals surface area contributed by atoms with Crippen LogP contribution in [-0.4, -0.2) is 36.8 Å². The number of aliphatic hydroxyl groups is 1. The molecule has 0 aromatic heterocycles. The van der Waals surface area contributed by atoms with Crippen LogP contribution in [0.3, 0.4) is 0 Å². The predicted molar refractivity (Wildman–Crippen MR) is 89.0 cm³/mol. The van der Waals surface area contributed by atoms with Crippen molar-refractivity contribution in [2.45, 2.75) is 62.2 Å². The largest absolute Gasteiger partial charge is 0.392 e. The third-order valence-corrected chi connectivity index (χ3v) is 7.17. The van der Waals surface area contributed by atoms with Crippen LogP contribution >= 0.6 is 0 Å². The molecule has 6 heteroatoms. The Bertz CT molecular complexity index is 689. The number of hydrogen-bond donors (Lipinski definition) is 2. The van der Waals surface area contributed by atoms with Gasteiger partial charge in [0.2, 0.25) is 5.91 Å². The first-order chi connectivity index (χ1) is 10.7. The Morgan fingerprint density at radius 3 is 2.48 bits per heavy atom. The summed E-state index contributed by atoms with van der Waals surface area (Å²) < 4.78 is 25.2. The van der Waals surface area contributed by atoms with Crippen LogP contribution in [0.1, 0.15) is 43.7 Å². The van der Waals surface area contributed by atoms with Crippen molar-refractivity contribution >= 4 is 15.7 Å². The molecule has 23 heavy (non-hydrogen) atoms. The number of aliphatic hydroxyl groups excluding tert-OH is 1. The Labute approximate surface area is 138 Å². The second kappa shape index (κ2) is 6.61. The summed E-state index contributed by atoms with van der Waals surface area (Å²) in [5, 5.41) is 12.0. The molecule has 1 amide bonds. The van der Waals surface area contributed by atoms with Gasteiger partial charge in [-0.25, -0.2) is 8.42 Å². The quantitative estimate of drug-likeness (QED) is 0.858. The van der Waals surface area contributed by atoms with Gasteiger partial charge in [-0.1, -0.05) is 25.0 Å². The summed E-state index contributed by atoms with van der Waals surface area (Å²) in [6.45, 7) is 5.21. The third-order valence-electron chi connectivity index (χ3n) is 4.53. The zero-order chi connectivity index (χ0) is 17.3. The van der Waals surface area contributed by atoms with E-state index in [1.54, 1.807) is 26.0 Å². The van der Waals surface area contributed by atoms with Gasteiger partial charge in [0, 0.05) is 6.54 Å². The summed E-state index contributed by atoms with van der Waals surface area (Å²) in [4.78, 5) is 12.9. The highest BCUT2D eigenvalue weighted by atomic mass is 32.2. The van der Waals surface area contributed by atoms with Crippen molar-refractivity contribution in [1.29, 1.82) is 0 Å². The average molecular weight is 339 g/mol. The van der Waals surface area contributed by atoms with Gasteiger partial charge in [0.15, 0.2) is 14.6 Å². The van der Waals surface area contributed by atoms with Gasteiger partial charge in [0.1, 0.15) is 0 Å². The van der Waals surface area contributed by atoms with Crippen LogP contribution in [0.4, 0.5) is 0 Å². The lowest BCUT2D eigenvalue weighted by Crippen LogP contribution is -2.52. The number of hydrogen-bond acceptors (Lipinski definition) is 4. The summed E-state index contributed by atoms with van der Waals surface area (Å²) >= 11 is 0. The highest BCUT2D eigenvalue weighted by Crippen LogP contribution is 2.41. The van der Waals surface area contributed by atoms with Gasteiger partial charge in [0.25, 0.3) is 0 Å². The predicted octanol–water partition coefficient (Wildman–Crippen LogP) is 1.89. The zero-order valence-corrected chi connectivity index (χ0v) is 14.7. The number of benzene rings is 1. The van der Waals surface area contributed by atoms with Crippen LogP contribution in [0.25, 0.3) is 0 Å². The van der Waals surface area contributed by atoms with Gasteiger partial charge < -0.3 is 10.4 Å². The second-order valence-electron chi connectivity index (χ2n) is 6.53. The van der Waals surface area contributed by atoms with Crippen LogP contribution in [0, 0.1) is 13.8 Å². The molecule has 0 heterocycles. The minimum Gasteiger partial charge on any atom is -0.392 e. The lowest BCUT2D eigenvalue weighted by Gasteiger charge is -2.28. The van der Waals surface area contributed by atoms with Crippen molar-refractivity contribution in [1.82, 2.24) is 5.32 Å².